The minimum atomic E-state index is -0.440. The molecular formula is C21H38NOSi. The summed E-state index contributed by atoms with van der Waals surface area (Å²) in [4.78, 5) is 11.6. The molecule has 1 aliphatic rings. The van der Waals surface area contributed by atoms with Crippen LogP contribution in [-0.4, -0.2) is 16.1 Å². The Morgan fingerprint density at radius 2 is 1.54 bits per heavy atom. The largest absolute Gasteiger partial charge is 0.273 e. The highest BCUT2D eigenvalue weighted by Crippen LogP contribution is 2.74. The van der Waals surface area contributed by atoms with Gasteiger partial charge in [-0.2, -0.15) is 0 Å². The summed E-state index contributed by atoms with van der Waals surface area (Å²) in [5.74, 6) is -0.440. The Labute approximate surface area is 152 Å². The molecule has 1 aliphatic carbocycles. The lowest BCUT2D eigenvalue weighted by Gasteiger charge is -2.67. The average Bonchev–Trinajstić information content (AvgIpc) is 2.75. The first-order valence-electron chi connectivity index (χ1n) is 9.44. The number of nitrogens with one attached hydrogen (secondary N) is 1. The van der Waals surface area contributed by atoms with Gasteiger partial charge in [-0.1, -0.05) is 55.4 Å². The monoisotopic (exact) mass is 348 g/mol. The standard InChI is InChI=1S/C21H38NOSi/c1-9-19(13-11-14-20(19,24)10-2)21(17(3,4)5,18(6,7)8)15-12-16(22)23/h13-14,22H,9-10,12,15H2,1-8,24H3. The van der Waals surface area contributed by atoms with Crippen LogP contribution in [0.5, 0.6) is 0 Å². The molecule has 0 aromatic heterocycles. The number of rotatable bonds is 6. The zero-order chi connectivity index (χ0) is 19.0. The maximum atomic E-state index is 11.6. The fraction of sp³-hybridized carbons (Fsp3) is 0.810. The fourth-order valence-electron chi connectivity index (χ4n) is 6.23. The highest BCUT2D eigenvalue weighted by molar-refractivity contribution is 6.18. The van der Waals surface area contributed by atoms with Crippen molar-refractivity contribution in [2.24, 2.45) is 21.7 Å². The summed E-state index contributed by atoms with van der Waals surface area (Å²) in [5, 5.41) is 0.160. The number of hydrogen-bond acceptors (Lipinski definition) is 1. The third-order valence-corrected chi connectivity index (χ3v) is 8.98. The van der Waals surface area contributed by atoms with Gasteiger partial charge in [0.25, 0.3) is 0 Å². The van der Waals surface area contributed by atoms with Gasteiger partial charge in [0, 0.05) is 22.1 Å². The van der Waals surface area contributed by atoms with Gasteiger partial charge < -0.3 is 0 Å². The van der Waals surface area contributed by atoms with Gasteiger partial charge in [0.05, 0.1) is 0 Å². The van der Waals surface area contributed by atoms with E-state index in [0.717, 1.165) is 29.5 Å². The maximum Gasteiger partial charge on any atom is 0.238 e. The zero-order valence-electron chi connectivity index (χ0n) is 17.4. The van der Waals surface area contributed by atoms with Gasteiger partial charge in [-0.25, -0.2) is 0 Å². The number of allylic oxidation sites excluding steroid dienone is 1. The SMILES string of the molecule is CCC1([SiH3])C=C=CC1(CC)C(CCC([NH])=O)(C(C)(C)C)C(C)(C)C. The molecule has 0 saturated heterocycles. The molecule has 0 aliphatic heterocycles. The summed E-state index contributed by atoms with van der Waals surface area (Å²) in [7, 11) is 1.07. The number of amides is 1. The Balaban J connectivity index is 3.80. The molecule has 2 nitrogen and oxygen atoms in total. The van der Waals surface area contributed by atoms with Gasteiger partial charge in [-0.3, -0.25) is 10.5 Å². The second-order valence-corrected chi connectivity index (χ2v) is 11.7. The van der Waals surface area contributed by atoms with Crippen molar-refractivity contribution in [3.05, 3.63) is 17.9 Å². The fourth-order valence-corrected chi connectivity index (χ4v) is 7.33. The van der Waals surface area contributed by atoms with Crippen LogP contribution in [-0.2, 0) is 4.79 Å². The molecule has 0 heterocycles. The van der Waals surface area contributed by atoms with Crippen molar-refractivity contribution in [1.82, 2.24) is 5.73 Å². The first-order valence-corrected chi connectivity index (χ1v) is 10.4. The highest BCUT2D eigenvalue weighted by Gasteiger charge is 2.66. The van der Waals surface area contributed by atoms with E-state index >= 15 is 0 Å². The van der Waals surface area contributed by atoms with Crippen molar-refractivity contribution in [3.63, 3.8) is 0 Å². The van der Waals surface area contributed by atoms with E-state index in [1.54, 1.807) is 0 Å². The molecule has 0 aromatic rings. The molecule has 0 saturated carbocycles. The first kappa shape index (κ1) is 21.2. The Kier molecular flexibility index (Phi) is 5.75. The summed E-state index contributed by atoms with van der Waals surface area (Å²) in [6, 6.07) is 0. The summed E-state index contributed by atoms with van der Waals surface area (Å²) < 4.78 is 0. The molecular weight excluding hydrogens is 310 g/mol. The molecule has 0 bridgehead atoms. The highest BCUT2D eigenvalue weighted by atomic mass is 28.1. The van der Waals surface area contributed by atoms with E-state index in [9.17, 15) is 4.79 Å². The van der Waals surface area contributed by atoms with Crippen LogP contribution in [0.4, 0.5) is 0 Å². The van der Waals surface area contributed by atoms with Crippen molar-refractivity contribution in [1.29, 1.82) is 0 Å². The molecule has 1 N–H and O–H groups in total. The second kappa shape index (κ2) is 6.50. The normalized spacial score (nSPS) is 27.8. The van der Waals surface area contributed by atoms with Crippen LogP contribution >= 0.6 is 0 Å². The van der Waals surface area contributed by atoms with E-state index in [-0.39, 0.29) is 26.7 Å². The number of carbonyl (C=O) groups excluding carboxylic acids is 1. The Hall–Kier alpha value is -0.793. The average molecular weight is 349 g/mol. The van der Waals surface area contributed by atoms with E-state index in [4.69, 9.17) is 5.73 Å². The van der Waals surface area contributed by atoms with Crippen LogP contribution in [0.1, 0.15) is 81.1 Å². The predicted octanol–water partition coefficient (Wildman–Crippen LogP) is 4.71. The third-order valence-electron chi connectivity index (χ3n) is 7.09. The van der Waals surface area contributed by atoms with Crippen LogP contribution in [0.15, 0.2) is 17.9 Å². The van der Waals surface area contributed by atoms with Gasteiger partial charge in [0.1, 0.15) is 0 Å². The van der Waals surface area contributed by atoms with Crippen LogP contribution in [0.25, 0.3) is 0 Å². The van der Waals surface area contributed by atoms with Crippen molar-refractivity contribution in [2.45, 2.75) is 86.1 Å². The lowest BCUT2D eigenvalue weighted by molar-refractivity contribution is -0.148. The van der Waals surface area contributed by atoms with Gasteiger partial charge >= 0.3 is 0 Å². The summed E-state index contributed by atoms with van der Waals surface area (Å²) in [6.45, 7) is 18.6. The van der Waals surface area contributed by atoms with Crippen LogP contribution in [0, 0.1) is 21.7 Å². The Morgan fingerprint density at radius 3 is 1.88 bits per heavy atom. The molecule has 2 unspecified atom stereocenters. The van der Waals surface area contributed by atoms with E-state index < -0.39 is 5.91 Å². The van der Waals surface area contributed by atoms with Gasteiger partial charge in [-0.15, -0.1) is 5.73 Å². The quantitative estimate of drug-likeness (QED) is 0.506. The minimum absolute atomic E-state index is 0.00702. The predicted molar refractivity (Wildman–Crippen MR) is 107 cm³/mol. The lowest BCUT2D eigenvalue weighted by Crippen LogP contribution is -2.60. The van der Waals surface area contributed by atoms with Crippen molar-refractivity contribution in [3.8, 4) is 0 Å². The summed E-state index contributed by atoms with van der Waals surface area (Å²) >= 11 is 0. The van der Waals surface area contributed by atoms with E-state index in [2.05, 4.69) is 73.3 Å². The zero-order valence-corrected chi connectivity index (χ0v) is 19.4. The van der Waals surface area contributed by atoms with Gasteiger partial charge in [-0.05, 0) is 52.7 Å². The first-order chi connectivity index (χ1) is 10.7. The topological polar surface area (TPSA) is 40.9 Å². The lowest BCUT2D eigenvalue weighted by atomic mass is 9.39. The molecule has 0 aromatic carbocycles. The van der Waals surface area contributed by atoms with E-state index in [1.807, 2.05) is 0 Å². The van der Waals surface area contributed by atoms with Crippen LogP contribution in [0.3, 0.4) is 0 Å². The Bertz CT molecular complexity index is 531. The van der Waals surface area contributed by atoms with Gasteiger partial charge in [0.2, 0.25) is 5.91 Å². The van der Waals surface area contributed by atoms with Crippen LogP contribution in [0.2, 0.25) is 5.04 Å². The van der Waals surface area contributed by atoms with Crippen molar-refractivity contribution < 1.29 is 4.79 Å². The van der Waals surface area contributed by atoms with Crippen molar-refractivity contribution in [2.75, 3.05) is 0 Å². The van der Waals surface area contributed by atoms with Gasteiger partial charge in [0.15, 0.2) is 0 Å². The number of hydrogen-bond donors (Lipinski definition) is 0. The summed E-state index contributed by atoms with van der Waals surface area (Å²) in [5.41, 5.74) is 11.0. The summed E-state index contributed by atoms with van der Waals surface area (Å²) in [6.07, 6.45) is 7.93. The van der Waals surface area contributed by atoms with E-state index in [0.29, 0.717) is 6.42 Å². The molecule has 24 heavy (non-hydrogen) atoms. The molecule has 0 fully saturated rings. The molecule has 137 valence electrons. The molecule has 1 rings (SSSR count). The maximum absolute atomic E-state index is 11.6. The molecule has 3 heteroatoms. The van der Waals surface area contributed by atoms with E-state index in [1.165, 1.54) is 0 Å². The van der Waals surface area contributed by atoms with Crippen LogP contribution < -0.4 is 5.73 Å². The minimum Gasteiger partial charge on any atom is -0.273 e. The third kappa shape index (κ3) is 2.84. The number of carbonyl (C=O) groups is 1. The molecule has 1 radical (unpaired) electrons. The van der Waals surface area contributed by atoms with Crippen molar-refractivity contribution >= 4 is 16.1 Å². The smallest absolute Gasteiger partial charge is 0.238 e. The molecule has 0 spiro atoms. The second-order valence-electron chi connectivity index (χ2n) is 9.88. The Morgan fingerprint density at radius 1 is 1.04 bits per heavy atom. The molecule has 1 amide bonds. The molecule has 2 atom stereocenters.